The Balaban J connectivity index is 1.47. The topological polar surface area (TPSA) is 54.5 Å². The van der Waals surface area contributed by atoms with E-state index in [1.807, 2.05) is 12.4 Å². The largest absolute Gasteiger partial charge is 0.441 e. The lowest BCUT2D eigenvalue weighted by atomic mass is 9.91. The fourth-order valence-electron chi connectivity index (χ4n) is 2.80. The Hall–Kier alpha value is -1.62. The zero-order valence-electron chi connectivity index (χ0n) is 11.0. The highest BCUT2D eigenvalue weighted by atomic mass is 16.6. The molecule has 5 nitrogen and oxygen atoms in total. The van der Waals surface area contributed by atoms with Gasteiger partial charge in [-0.3, -0.25) is 4.98 Å². The number of ether oxygens (including phenoxy) is 1. The Labute approximate surface area is 113 Å². The highest BCUT2D eigenvalue weighted by Gasteiger charge is 2.42. The van der Waals surface area contributed by atoms with E-state index in [1.165, 1.54) is 5.56 Å². The second kappa shape index (κ2) is 5.17. The van der Waals surface area contributed by atoms with Gasteiger partial charge >= 0.3 is 6.09 Å². The van der Waals surface area contributed by atoms with E-state index in [4.69, 9.17) is 4.74 Å². The Morgan fingerprint density at radius 3 is 2.68 bits per heavy atom. The van der Waals surface area contributed by atoms with Gasteiger partial charge in [0.15, 0.2) is 0 Å². The molecule has 0 saturated carbocycles. The Kier molecular flexibility index (Phi) is 3.38. The molecule has 1 aromatic heterocycles. The summed E-state index contributed by atoms with van der Waals surface area (Å²) in [5.41, 5.74) is 1.09. The van der Waals surface area contributed by atoms with Crippen LogP contribution in [0.3, 0.4) is 0 Å². The molecular formula is C14H19N3O2. The van der Waals surface area contributed by atoms with Crippen LogP contribution in [-0.4, -0.2) is 47.8 Å². The third kappa shape index (κ3) is 2.87. The van der Waals surface area contributed by atoms with Crippen molar-refractivity contribution in [2.45, 2.75) is 24.9 Å². The van der Waals surface area contributed by atoms with Crippen LogP contribution < -0.4 is 5.32 Å². The number of amides is 1. The minimum absolute atomic E-state index is 0.232. The van der Waals surface area contributed by atoms with Crippen molar-refractivity contribution >= 4 is 6.09 Å². The number of piperidine rings is 1. The molecule has 19 heavy (non-hydrogen) atoms. The number of carbonyl (C=O) groups is 1. The van der Waals surface area contributed by atoms with E-state index in [-0.39, 0.29) is 11.7 Å². The molecule has 2 fully saturated rings. The van der Waals surface area contributed by atoms with Gasteiger partial charge in [-0.15, -0.1) is 0 Å². The second-order valence-electron chi connectivity index (χ2n) is 5.37. The molecule has 3 heterocycles. The minimum Gasteiger partial charge on any atom is -0.441 e. The van der Waals surface area contributed by atoms with Crippen molar-refractivity contribution < 1.29 is 9.53 Å². The van der Waals surface area contributed by atoms with Crippen molar-refractivity contribution in [1.29, 1.82) is 0 Å². The number of hydrogen-bond acceptors (Lipinski definition) is 4. The van der Waals surface area contributed by atoms with Crippen molar-refractivity contribution in [3.63, 3.8) is 0 Å². The first-order valence-electron chi connectivity index (χ1n) is 6.84. The van der Waals surface area contributed by atoms with Gasteiger partial charge < -0.3 is 15.0 Å². The molecule has 0 radical (unpaired) electrons. The summed E-state index contributed by atoms with van der Waals surface area (Å²) in [6.45, 7) is 3.73. The molecule has 1 N–H and O–H groups in total. The van der Waals surface area contributed by atoms with Gasteiger partial charge in [-0.25, -0.2) is 4.79 Å². The smallest absolute Gasteiger partial charge is 0.407 e. The zero-order chi connectivity index (χ0) is 13.1. The van der Waals surface area contributed by atoms with Gasteiger partial charge in [0.25, 0.3) is 0 Å². The van der Waals surface area contributed by atoms with E-state index < -0.39 is 0 Å². The molecule has 2 aliphatic rings. The first-order valence-corrected chi connectivity index (χ1v) is 6.84. The molecule has 0 atom stereocenters. The summed E-state index contributed by atoms with van der Waals surface area (Å²) >= 11 is 0. The van der Waals surface area contributed by atoms with Crippen LogP contribution in [0.5, 0.6) is 0 Å². The third-order valence-corrected chi connectivity index (χ3v) is 4.10. The fourth-order valence-corrected chi connectivity index (χ4v) is 2.80. The standard InChI is InChI=1S/C14H19N3O2/c18-13-16-11-14(19-13)4-9-17(10-5-14)8-3-12-1-6-15-7-2-12/h1-2,6-7H,3-5,8-11H2,(H,16,18). The van der Waals surface area contributed by atoms with Gasteiger partial charge in [0.1, 0.15) is 5.60 Å². The summed E-state index contributed by atoms with van der Waals surface area (Å²) < 4.78 is 5.42. The number of pyridine rings is 1. The zero-order valence-corrected chi connectivity index (χ0v) is 11.0. The fraction of sp³-hybridized carbons (Fsp3) is 0.571. The molecule has 3 rings (SSSR count). The maximum atomic E-state index is 11.2. The lowest BCUT2D eigenvalue weighted by Crippen LogP contribution is -2.47. The SMILES string of the molecule is O=C1NCC2(CCN(CCc3ccncc3)CC2)O1. The number of alkyl carbamates (subject to hydrolysis) is 1. The van der Waals surface area contributed by atoms with Gasteiger partial charge in [-0.2, -0.15) is 0 Å². The second-order valence-corrected chi connectivity index (χ2v) is 5.37. The lowest BCUT2D eigenvalue weighted by Gasteiger charge is -2.37. The van der Waals surface area contributed by atoms with Crippen molar-refractivity contribution in [2.24, 2.45) is 0 Å². The summed E-state index contributed by atoms with van der Waals surface area (Å²) in [6.07, 6.45) is 6.33. The van der Waals surface area contributed by atoms with E-state index in [0.29, 0.717) is 6.54 Å². The molecule has 5 heteroatoms. The molecule has 1 spiro atoms. The third-order valence-electron chi connectivity index (χ3n) is 4.10. The highest BCUT2D eigenvalue weighted by molar-refractivity contribution is 5.70. The molecule has 2 saturated heterocycles. The van der Waals surface area contributed by atoms with E-state index in [2.05, 4.69) is 27.3 Å². The summed E-state index contributed by atoms with van der Waals surface area (Å²) in [5, 5.41) is 2.77. The van der Waals surface area contributed by atoms with E-state index in [0.717, 1.165) is 38.9 Å². The van der Waals surface area contributed by atoms with Crippen LogP contribution in [-0.2, 0) is 11.2 Å². The van der Waals surface area contributed by atoms with Gasteiger partial charge in [0.05, 0.1) is 6.54 Å². The molecule has 102 valence electrons. The average molecular weight is 261 g/mol. The van der Waals surface area contributed by atoms with Gasteiger partial charge in [0.2, 0.25) is 0 Å². The number of aromatic nitrogens is 1. The van der Waals surface area contributed by atoms with Crippen molar-refractivity contribution in [3.8, 4) is 0 Å². The summed E-state index contributed by atoms with van der Waals surface area (Å²) in [7, 11) is 0. The minimum atomic E-state index is -0.259. The number of nitrogens with zero attached hydrogens (tertiary/aromatic N) is 2. The number of hydrogen-bond donors (Lipinski definition) is 1. The number of likely N-dealkylation sites (tertiary alicyclic amines) is 1. The van der Waals surface area contributed by atoms with Crippen LogP contribution in [0.2, 0.25) is 0 Å². The first kappa shape index (κ1) is 12.4. The molecule has 0 aromatic carbocycles. The van der Waals surface area contributed by atoms with Gasteiger partial charge in [-0.1, -0.05) is 0 Å². The van der Waals surface area contributed by atoms with Crippen molar-refractivity contribution in [1.82, 2.24) is 15.2 Å². The molecule has 0 bridgehead atoms. The van der Waals surface area contributed by atoms with E-state index in [9.17, 15) is 4.79 Å². The summed E-state index contributed by atoms with van der Waals surface area (Å²) in [5.74, 6) is 0. The molecular weight excluding hydrogens is 242 g/mol. The molecule has 0 unspecified atom stereocenters. The van der Waals surface area contributed by atoms with Crippen LogP contribution in [0.1, 0.15) is 18.4 Å². The Bertz CT molecular complexity index is 441. The maximum absolute atomic E-state index is 11.2. The maximum Gasteiger partial charge on any atom is 0.407 e. The van der Waals surface area contributed by atoms with Gasteiger partial charge in [0, 0.05) is 44.9 Å². The molecule has 1 aromatic rings. The lowest BCUT2D eigenvalue weighted by molar-refractivity contribution is 0.00123. The molecule has 0 aliphatic carbocycles. The number of nitrogens with one attached hydrogen (secondary N) is 1. The van der Waals surface area contributed by atoms with Crippen LogP contribution >= 0.6 is 0 Å². The number of carbonyl (C=O) groups excluding carboxylic acids is 1. The normalized spacial score (nSPS) is 22.2. The Morgan fingerprint density at radius 1 is 1.32 bits per heavy atom. The first-order chi connectivity index (χ1) is 9.26. The summed E-state index contributed by atoms with van der Waals surface area (Å²) in [6, 6.07) is 4.13. The van der Waals surface area contributed by atoms with Crippen molar-refractivity contribution in [2.75, 3.05) is 26.2 Å². The van der Waals surface area contributed by atoms with Gasteiger partial charge in [-0.05, 0) is 24.1 Å². The quantitative estimate of drug-likeness (QED) is 0.888. The number of rotatable bonds is 3. The molecule has 1 amide bonds. The predicted molar refractivity (Wildman–Crippen MR) is 70.8 cm³/mol. The average Bonchev–Trinajstić information content (AvgIpc) is 2.81. The monoisotopic (exact) mass is 261 g/mol. The van der Waals surface area contributed by atoms with Crippen LogP contribution in [0, 0.1) is 0 Å². The Morgan fingerprint density at radius 2 is 2.05 bits per heavy atom. The van der Waals surface area contributed by atoms with Crippen LogP contribution in [0.25, 0.3) is 0 Å². The van der Waals surface area contributed by atoms with E-state index in [1.54, 1.807) is 0 Å². The predicted octanol–water partition coefficient (Wildman–Crippen LogP) is 1.20. The summed E-state index contributed by atoms with van der Waals surface area (Å²) in [4.78, 5) is 17.6. The van der Waals surface area contributed by atoms with Crippen LogP contribution in [0.4, 0.5) is 4.79 Å². The highest BCUT2D eigenvalue weighted by Crippen LogP contribution is 2.29. The van der Waals surface area contributed by atoms with E-state index >= 15 is 0 Å². The van der Waals surface area contributed by atoms with Crippen molar-refractivity contribution in [3.05, 3.63) is 30.1 Å². The molecule has 2 aliphatic heterocycles. The van der Waals surface area contributed by atoms with Crippen LogP contribution in [0.15, 0.2) is 24.5 Å².